The van der Waals surface area contributed by atoms with E-state index in [1.54, 1.807) is 4.90 Å². The third-order valence-corrected chi connectivity index (χ3v) is 2.64. The Morgan fingerprint density at radius 2 is 2.06 bits per heavy atom. The van der Waals surface area contributed by atoms with Crippen LogP contribution in [-0.4, -0.2) is 36.0 Å². The number of nitrogens with two attached hydrogens (primary N) is 1. The Bertz CT molecular complexity index is 433. The molecule has 18 heavy (non-hydrogen) atoms. The van der Waals surface area contributed by atoms with E-state index in [-0.39, 0.29) is 12.5 Å². The van der Waals surface area contributed by atoms with Crippen molar-refractivity contribution in [2.24, 2.45) is 0 Å². The number of aromatic nitrogens is 2. The van der Waals surface area contributed by atoms with E-state index in [9.17, 15) is 4.79 Å². The quantitative estimate of drug-likeness (QED) is 0.796. The van der Waals surface area contributed by atoms with Gasteiger partial charge in [0.2, 0.25) is 5.91 Å². The molecule has 1 heterocycles. The molecule has 6 heteroatoms. The predicted octanol–water partition coefficient (Wildman–Crippen LogP) is 0.502. The molecule has 0 fully saturated rings. The molecule has 0 aromatic carbocycles. The van der Waals surface area contributed by atoms with E-state index in [2.05, 4.69) is 15.3 Å². The highest BCUT2D eigenvalue weighted by atomic mass is 16.2. The molecule has 1 rings (SSSR count). The van der Waals surface area contributed by atoms with Crippen LogP contribution >= 0.6 is 0 Å². The minimum atomic E-state index is -0.0327. The average Bonchev–Trinajstić information content (AvgIpc) is 2.32. The van der Waals surface area contributed by atoms with Crippen LogP contribution in [0.3, 0.4) is 0 Å². The number of hydrogen-bond acceptors (Lipinski definition) is 5. The Hall–Kier alpha value is -1.85. The van der Waals surface area contributed by atoms with Gasteiger partial charge in [-0.25, -0.2) is 9.97 Å². The maximum atomic E-state index is 11.6. The first-order chi connectivity index (χ1) is 8.49. The van der Waals surface area contributed by atoms with Crippen molar-refractivity contribution >= 4 is 17.5 Å². The summed E-state index contributed by atoms with van der Waals surface area (Å²) in [5.41, 5.74) is 6.65. The fourth-order valence-electron chi connectivity index (χ4n) is 1.64. The van der Waals surface area contributed by atoms with E-state index in [1.165, 1.54) is 0 Å². The number of nitrogen functional groups attached to an aromatic ring is 1. The lowest BCUT2D eigenvalue weighted by molar-refractivity contribution is -0.119. The summed E-state index contributed by atoms with van der Waals surface area (Å²) in [4.78, 5) is 21.9. The number of carbonyl (C=O) groups is 1. The van der Waals surface area contributed by atoms with Gasteiger partial charge < -0.3 is 16.0 Å². The maximum Gasteiger partial charge on any atom is 0.239 e. The summed E-state index contributed by atoms with van der Waals surface area (Å²) in [6.45, 7) is 6.60. The number of aryl methyl sites for hydroxylation is 1. The number of hydrogen-bond donors (Lipinski definition) is 2. The van der Waals surface area contributed by atoms with Crippen LogP contribution in [0.5, 0.6) is 0 Å². The normalized spacial score (nSPS) is 10.2. The molecule has 0 bridgehead atoms. The van der Waals surface area contributed by atoms with Crippen molar-refractivity contribution in [3.63, 3.8) is 0 Å². The molecule has 0 aliphatic rings. The second-order valence-electron chi connectivity index (χ2n) is 4.14. The van der Waals surface area contributed by atoms with Gasteiger partial charge in [0, 0.05) is 25.6 Å². The molecule has 6 nitrogen and oxygen atoms in total. The zero-order valence-electron chi connectivity index (χ0n) is 11.4. The molecule has 0 aliphatic carbocycles. The standard InChI is InChI=1S/C12H21N5O/c1-5-9-15-11(13)8(3)12(16-9)17(4)7-10(18)14-6-2/h5-7H2,1-4H3,(H,14,18)(H2,13,15,16). The van der Waals surface area contributed by atoms with E-state index in [1.807, 2.05) is 27.8 Å². The summed E-state index contributed by atoms with van der Waals surface area (Å²) in [6.07, 6.45) is 0.715. The van der Waals surface area contributed by atoms with Crippen molar-refractivity contribution < 1.29 is 4.79 Å². The average molecular weight is 251 g/mol. The van der Waals surface area contributed by atoms with Crippen molar-refractivity contribution in [2.75, 3.05) is 30.8 Å². The molecule has 100 valence electrons. The molecule has 0 saturated carbocycles. The van der Waals surface area contributed by atoms with Crippen molar-refractivity contribution in [2.45, 2.75) is 27.2 Å². The van der Waals surface area contributed by atoms with Crippen molar-refractivity contribution in [1.82, 2.24) is 15.3 Å². The molecule has 1 aromatic rings. The number of rotatable bonds is 5. The first kappa shape index (κ1) is 14.2. The van der Waals surface area contributed by atoms with Crippen LogP contribution in [-0.2, 0) is 11.2 Å². The van der Waals surface area contributed by atoms with E-state index >= 15 is 0 Å². The molecule has 0 unspecified atom stereocenters. The fraction of sp³-hybridized carbons (Fsp3) is 0.583. The lowest BCUT2D eigenvalue weighted by atomic mass is 10.2. The number of nitrogens with zero attached hydrogens (tertiary/aromatic N) is 3. The summed E-state index contributed by atoms with van der Waals surface area (Å²) >= 11 is 0. The fourth-order valence-corrected chi connectivity index (χ4v) is 1.64. The summed E-state index contributed by atoms with van der Waals surface area (Å²) < 4.78 is 0. The number of amides is 1. The highest BCUT2D eigenvalue weighted by molar-refractivity contribution is 5.81. The third-order valence-electron chi connectivity index (χ3n) is 2.64. The van der Waals surface area contributed by atoms with Crippen LogP contribution in [0, 0.1) is 6.92 Å². The number of carbonyl (C=O) groups excluding carboxylic acids is 1. The monoisotopic (exact) mass is 251 g/mol. The Kier molecular flexibility index (Phi) is 4.88. The summed E-state index contributed by atoms with van der Waals surface area (Å²) in [7, 11) is 1.82. The molecule has 0 spiro atoms. The molecule has 1 aromatic heterocycles. The zero-order valence-corrected chi connectivity index (χ0v) is 11.4. The van der Waals surface area contributed by atoms with Gasteiger partial charge in [-0.05, 0) is 13.8 Å². The van der Waals surface area contributed by atoms with E-state index in [4.69, 9.17) is 5.73 Å². The van der Waals surface area contributed by atoms with Crippen molar-refractivity contribution in [3.8, 4) is 0 Å². The van der Waals surface area contributed by atoms with Crippen molar-refractivity contribution in [3.05, 3.63) is 11.4 Å². The SMILES string of the molecule is CCNC(=O)CN(C)c1nc(CC)nc(N)c1C. The van der Waals surface area contributed by atoms with Gasteiger partial charge in [0.25, 0.3) is 0 Å². The molecule has 0 saturated heterocycles. The van der Waals surface area contributed by atoms with E-state index in [0.717, 1.165) is 5.56 Å². The van der Waals surface area contributed by atoms with E-state index in [0.29, 0.717) is 30.4 Å². The van der Waals surface area contributed by atoms with Gasteiger partial charge in [-0.15, -0.1) is 0 Å². The summed E-state index contributed by atoms with van der Waals surface area (Å²) in [5.74, 6) is 1.84. The molecule has 0 atom stereocenters. The van der Waals surface area contributed by atoms with Gasteiger partial charge in [0.1, 0.15) is 17.5 Å². The topological polar surface area (TPSA) is 84.1 Å². The molecule has 1 amide bonds. The van der Waals surface area contributed by atoms with E-state index < -0.39 is 0 Å². The molecular formula is C12H21N5O. The zero-order chi connectivity index (χ0) is 13.7. The lowest BCUT2D eigenvalue weighted by Gasteiger charge is -2.20. The van der Waals surface area contributed by atoms with Crippen LogP contribution in [0.2, 0.25) is 0 Å². The van der Waals surface area contributed by atoms with Gasteiger partial charge in [0.05, 0.1) is 6.54 Å². The molecule has 3 N–H and O–H groups in total. The second-order valence-corrected chi connectivity index (χ2v) is 4.14. The smallest absolute Gasteiger partial charge is 0.239 e. The number of nitrogens with one attached hydrogen (secondary N) is 1. The Morgan fingerprint density at radius 3 is 2.61 bits per heavy atom. The highest BCUT2D eigenvalue weighted by Crippen LogP contribution is 2.20. The second kappa shape index (κ2) is 6.18. The minimum absolute atomic E-state index is 0.0327. The van der Waals surface area contributed by atoms with Crippen LogP contribution < -0.4 is 16.0 Å². The summed E-state index contributed by atoms with van der Waals surface area (Å²) in [6, 6.07) is 0. The highest BCUT2D eigenvalue weighted by Gasteiger charge is 2.14. The molecule has 0 radical (unpaired) electrons. The summed E-state index contributed by atoms with van der Waals surface area (Å²) in [5, 5.41) is 2.75. The lowest BCUT2D eigenvalue weighted by Crippen LogP contribution is -2.35. The third kappa shape index (κ3) is 3.32. The molecular weight excluding hydrogens is 230 g/mol. The Balaban J connectivity index is 2.94. The Morgan fingerprint density at radius 1 is 1.39 bits per heavy atom. The van der Waals surface area contributed by atoms with Crippen LogP contribution in [0.25, 0.3) is 0 Å². The van der Waals surface area contributed by atoms with Gasteiger partial charge in [-0.2, -0.15) is 0 Å². The van der Waals surface area contributed by atoms with Crippen molar-refractivity contribution in [1.29, 1.82) is 0 Å². The van der Waals surface area contributed by atoms with Gasteiger partial charge in [-0.3, -0.25) is 4.79 Å². The first-order valence-corrected chi connectivity index (χ1v) is 6.10. The van der Waals surface area contributed by atoms with Gasteiger partial charge >= 0.3 is 0 Å². The number of likely N-dealkylation sites (N-methyl/N-ethyl adjacent to an activating group) is 2. The van der Waals surface area contributed by atoms with Crippen LogP contribution in [0.4, 0.5) is 11.6 Å². The molecule has 0 aliphatic heterocycles. The van der Waals surface area contributed by atoms with Crippen LogP contribution in [0.1, 0.15) is 25.2 Å². The predicted molar refractivity (Wildman–Crippen MR) is 72.5 cm³/mol. The van der Waals surface area contributed by atoms with Gasteiger partial charge in [-0.1, -0.05) is 6.92 Å². The number of anilines is 2. The van der Waals surface area contributed by atoms with Crippen LogP contribution in [0.15, 0.2) is 0 Å². The maximum absolute atomic E-state index is 11.6. The largest absolute Gasteiger partial charge is 0.383 e. The van der Waals surface area contributed by atoms with Gasteiger partial charge in [0.15, 0.2) is 0 Å². The first-order valence-electron chi connectivity index (χ1n) is 6.10. The minimum Gasteiger partial charge on any atom is -0.383 e. The Labute approximate surface area is 108 Å².